The molecule has 0 atom stereocenters. The third-order valence-corrected chi connectivity index (χ3v) is 4.78. The van der Waals surface area contributed by atoms with Crippen molar-refractivity contribution in [3.8, 4) is 0 Å². The first-order chi connectivity index (χ1) is 12.0. The summed E-state index contributed by atoms with van der Waals surface area (Å²) in [6.07, 6.45) is 2.42. The zero-order valence-corrected chi connectivity index (χ0v) is 15.0. The Labute approximate surface area is 149 Å². The number of nitrogens with zero attached hydrogens (tertiary/aromatic N) is 2. The highest BCUT2D eigenvalue weighted by molar-refractivity contribution is 7.23. The molecule has 8 heteroatoms. The van der Waals surface area contributed by atoms with Gasteiger partial charge in [-0.1, -0.05) is 49.3 Å². The van der Waals surface area contributed by atoms with E-state index in [1.54, 1.807) is 31.2 Å². The van der Waals surface area contributed by atoms with Crippen molar-refractivity contribution in [2.75, 3.05) is 18.1 Å². The van der Waals surface area contributed by atoms with E-state index in [1.165, 1.54) is 4.90 Å². The van der Waals surface area contributed by atoms with Gasteiger partial charge in [0.05, 0.1) is 11.5 Å². The molecule has 1 heterocycles. The summed E-state index contributed by atoms with van der Waals surface area (Å²) in [6, 6.07) is 7.01. The molecule has 0 N–H and O–H groups in total. The highest BCUT2D eigenvalue weighted by atomic mass is 32.1. The van der Waals surface area contributed by atoms with Crippen LogP contribution in [0.2, 0.25) is 0 Å². The Kier molecular flexibility index (Phi) is 6.46. The SMILES string of the molecule is CCCCCN(C(=O)C(=O)OCC)c1c([N+](=O)[O-])sc2ccccc12. The highest BCUT2D eigenvalue weighted by Gasteiger charge is 2.33. The number of anilines is 1. The predicted octanol–water partition coefficient (Wildman–Crippen LogP) is 3.90. The van der Waals surface area contributed by atoms with Gasteiger partial charge in [-0.2, -0.15) is 0 Å². The molecule has 2 rings (SSSR count). The summed E-state index contributed by atoms with van der Waals surface area (Å²) < 4.78 is 5.50. The monoisotopic (exact) mass is 364 g/mol. The van der Waals surface area contributed by atoms with E-state index in [0.717, 1.165) is 24.2 Å². The van der Waals surface area contributed by atoms with Gasteiger partial charge in [-0.15, -0.1) is 0 Å². The maximum absolute atomic E-state index is 12.6. The van der Waals surface area contributed by atoms with Gasteiger partial charge in [0.25, 0.3) is 0 Å². The number of ether oxygens (including phenoxy) is 1. The lowest BCUT2D eigenvalue weighted by Gasteiger charge is -2.20. The average molecular weight is 364 g/mol. The zero-order chi connectivity index (χ0) is 18.4. The van der Waals surface area contributed by atoms with Crippen LogP contribution in [-0.4, -0.2) is 30.0 Å². The first kappa shape index (κ1) is 18.9. The maximum atomic E-state index is 12.6. The van der Waals surface area contributed by atoms with Gasteiger partial charge >= 0.3 is 16.9 Å². The van der Waals surface area contributed by atoms with Crippen LogP contribution in [0.15, 0.2) is 24.3 Å². The van der Waals surface area contributed by atoms with E-state index in [9.17, 15) is 19.7 Å². The molecule has 1 aromatic heterocycles. The number of amides is 1. The smallest absolute Gasteiger partial charge is 0.397 e. The van der Waals surface area contributed by atoms with Gasteiger partial charge in [0.2, 0.25) is 0 Å². The van der Waals surface area contributed by atoms with E-state index in [4.69, 9.17) is 4.74 Å². The Hall–Kier alpha value is -2.48. The minimum Gasteiger partial charge on any atom is -0.459 e. The minimum atomic E-state index is -0.997. The van der Waals surface area contributed by atoms with Gasteiger partial charge in [0.15, 0.2) is 0 Å². The molecule has 25 heavy (non-hydrogen) atoms. The van der Waals surface area contributed by atoms with Crippen LogP contribution >= 0.6 is 11.3 Å². The third-order valence-electron chi connectivity index (χ3n) is 3.67. The normalized spacial score (nSPS) is 10.6. The van der Waals surface area contributed by atoms with Crippen molar-refractivity contribution in [3.63, 3.8) is 0 Å². The summed E-state index contributed by atoms with van der Waals surface area (Å²) in [7, 11) is 0. The second kappa shape index (κ2) is 8.57. The molecule has 0 aliphatic carbocycles. The Morgan fingerprint density at radius 1 is 1.24 bits per heavy atom. The fraction of sp³-hybridized carbons (Fsp3) is 0.412. The second-order valence-electron chi connectivity index (χ2n) is 5.39. The van der Waals surface area contributed by atoms with Crippen molar-refractivity contribution >= 4 is 44.0 Å². The van der Waals surface area contributed by atoms with Crippen LogP contribution in [-0.2, 0) is 14.3 Å². The van der Waals surface area contributed by atoms with Crippen molar-refractivity contribution in [1.29, 1.82) is 0 Å². The average Bonchev–Trinajstić information content (AvgIpc) is 2.98. The summed E-state index contributed by atoms with van der Waals surface area (Å²) in [6.45, 7) is 3.92. The molecule has 2 aromatic rings. The number of rotatable bonds is 7. The number of carbonyl (C=O) groups is 2. The molecule has 0 aliphatic rings. The van der Waals surface area contributed by atoms with Crippen LogP contribution in [0.3, 0.4) is 0 Å². The Balaban J connectivity index is 2.54. The molecule has 134 valence electrons. The first-order valence-electron chi connectivity index (χ1n) is 8.15. The number of esters is 1. The molecule has 1 amide bonds. The van der Waals surface area contributed by atoms with Crippen molar-refractivity contribution in [1.82, 2.24) is 0 Å². The molecule has 0 saturated heterocycles. The van der Waals surface area contributed by atoms with Gasteiger partial charge in [-0.25, -0.2) is 4.79 Å². The fourth-order valence-corrected chi connectivity index (χ4v) is 3.56. The number of thiophene rings is 1. The summed E-state index contributed by atoms with van der Waals surface area (Å²) >= 11 is 0.997. The molecule has 0 aliphatic heterocycles. The number of hydrogen-bond acceptors (Lipinski definition) is 6. The van der Waals surface area contributed by atoms with E-state index in [2.05, 4.69) is 0 Å². The molecule has 0 fully saturated rings. The lowest BCUT2D eigenvalue weighted by Crippen LogP contribution is -2.38. The number of benzene rings is 1. The zero-order valence-electron chi connectivity index (χ0n) is 14.2. The fourth-order valence-electron chi connectivity index (χ4n) is 2.54. The maximum Gasteiger partial charge on any atom is 0.397 e. The number of hydrogen-bond donors (Lipinski definition) is 0. The van der Waals surface area contributed by atoms with E-state index < -0.39 is 16.8 Å². The van der Waals surface area contributed by atoms with Crippen molar-refractivity contribution in [2.24, 2.45) is 0 Å². The van der Waals surface area contributed by atoms with Crippen LogP contribution in [0.1, 0.15) is 33.1 Å². The molecule has 7 nitrogen and oxygen atoms in total. The number of fused-ring (bicyclic) bond motifs is 1. The van der Waals surface area contributed by atoms with Gasteiger partial charge < -0.3 is 4.74 Å². The molecule has 0 saturated carbocycles. The predicted molar refractivity (Wildman–Crippen MR) is 97.0 cm³/mol. The molecule has 0 spiro atoms. The van der Waals surface area contributed by atoms with Gasteiger partial charge in [0.1, 0.15) is 5.69 Å². The van der Waals surface area contributed by atoms with E-state index in [0.29, 0.717) is 16.5 Å². The number of unbranched alkanes of at least 4 members (excludes halogenated alkanes) is 2. The summed E-state index contributed by atoms with van der Waals surface area (Å²) in [4.78, 5) is 36.7. The quantitative estimate of drug-likeness (QED) is 0.244. The largest absolute Gasteiger partial charge is 0.459 e. The van der Waals surface area contributed by atoms with Crippen LogP contribution in [0.5, 0.6) is 0 Å². The van der Waals surface area contributed by atoms with Crippen LogP contribution in [0.4, 0.5) is 10.7 Å². The number of nitro groups is 1. The van der Waals surface area contributed by atoms with Crippen molar-refractivity contribution < 1.29 is 19.2 Å². The molecule has 0 radical (unpaired) electrons. The standard InChI is InChI=1S/C17H20N2O5S/c1-3-5-8-11-18(15(20)17(21)24-4-2)14-12-9-6-7-10-13(12)25-16(14)19(22)23/h6-7,9-10H,3-5,8,11H2,1-2H3. The van der Waals surface area contributed by atoms with Crippen molar-refractivity contribution in [3.05, 3.63) is 34.4 Å². The topological polar surface area (TPSA) is 89.8 Å². The summed E-state index contributed by atoms with van der Waals surface area (Å²) in [5.41, 5.74) is 0.180. The van der Waals surface area contributed by atoms with Crippen LogP contribution in [0, 0.1) is 10.1 Å². The minimum absolute atomic E-state index is 0.0693. The van der Waals surface area contributed by atoms with E-state index in [1.807, 2.05) is 6.92 Å². The lowest BCUT2D eigenvalue weighted by molar-refractivity contribution is -0.379. The molecular weight excluding hydrogens is 344 g/mol. The summed E-state index contributed by atoms with van der Waals surface area (Å²) in [5, 5.41) is 12.0. The second-order valence-corrected chi connectivity index (χ2v) is 6.42. The Morgan fingerprint density at radius 2 is 1.96 bits per heavy atom. The third kappa shape index (κ3) is 4.14. The molecular formula is C17H20N2O5S. The molecule has 1 aromatic carbocycles. The van der Waals surface area contributed by atoms with Crippen LogP contribution < -0.4 is 4.90 Å². The first-order valence-corrected chi connectivity index (χ1v) is 8.97. The van der Waals surface area contributed by atoms with E-state index >= 15 is 0 Å². The molecule has 0 unspecified atom stereocenters. The Morgan fingerprint density at radius 3 is 2.60 bits per heavy atom. The van der Waals surface area contributed by atoms with Gasteiger partial charge in [-0.05, 0) is 19.4 Å². The van der Waals surface area contributed by atoms with Crippen LogP contribution in [0.25, 0.3) is 10.1 Å². The number of carbonyl (C=O) groups excluding carboxylic acids is 2. The van der Waals surface area contributed by atoms with E-state index in [-0.39, 0.29) is 23.8 Å². The van der Waals surface area contributed by atoms with Gasteiger partial charge in [-0.3, -0.25) is 19.8 Å². The van der Waals surface area contributed by atoms with Crippen molar-refractivity contribution in [2.45, 2.75) is 33.1 Å². The lowest BCUT2D eigenvalue weighted by atomic mass is 10.2. The Bertz CT molecular complexity index is 786. The van der Waals surface area contributed by atoms with Gasteiger partial charge in [0, 0.05) is 16.6 Å². The highest BCUT2D eigenvalue weighted by Crippen LogP contribution is 2.44. The molecule has 0 bridgehead atoms. The summed E-state index contributed by atoms with van der Waals surface area (Å²) in [5.74, 6) is -1.87.